The molecule has 0 spiro atoms. The van der Waals surface area contributed by atoms with E-state index in [1.54, 1.807) is 4.57 Å². The van der Waals surface area contributed by atoms with E-state index >= 15 is 0 Å². The molecule has 1 heterocycles. The first-order chi connectivity index (χ1) is 8.16. The molecule has 0 aromatic carbocycles. The zero-order chi connectivity index (χ0) is 12.0. The molecule has 0 aliphatic heterocycles. The fourth-order valence-corrected chi connectivity index (χ4v) is 2.58. The summed E-state index contributed by atoms with van der Waals surface area (Å²) in [6, 6.07) is 3.00. The third-order valence-corrected chi connectivity index (χ3v) is 3.72. The maximum Gasteiger partial charge on any atom is 0.337 e. The predicted molar refractivity (Wildman–Crippen MR) is 62.1 cm³/mol. The van der Waals surface area contributed by atoms with Crippen LogP contribution in [0.15, 0.2) is 23.1 Å². The van der Waals surface area contributed by atoms with E-state index in [-0.39, 0.29) is 17.2 Å². The van der Waals surface area contributed by atoms with E-state index in [4.69, 9.17) is 5.11 Å². The highest BCUT2D eigenvalue weighted by atomic mass is 16.4. The minimum absolute atomic E-state index is 0.0706. The predicted octanol–water partition coefficient (Wildman–Crippen LogP) is 1.91. The Hall–Kier alpha value is -1.58. The van der Waals surface area contributed by atoms with Crippen LogP contribution >= 0.6 is 0 Å². The summed E-state index contributed by atoms with van der Waals surface area (Å²) in [4.78, 5) is 22.8. The van der Waals surface area contributed by atoms with Gasteiger partial charge in [-0.25, -0.2) is 4.79 Å². The van der Waals surface area contributed by atoms with Gasteiger partial charge in [-0.1, -0.05) is 0 Å². The molecule has 3 rings (SSSR count). The number of carboxylic acid groups (broad SMARTS) is 1. The summed E-state index contributed by atoms with van der Waals surface area (Å²) < 4.78 is 1.67. The largest absolute Gasteiger partial charge is 0.478 e. The monoisotopic (exact) mass is 233 g/mol. The van der Waals surface area contributed by atoms with Crippen molar-refractivity contribution < 1.29 is 9.90 Å². The van der Waals surface area contributed by atoms with E-state index in [9.17, 15) is 9.59 Å². The molecule has 2 fully saturated rings. The fourth-order valence-electron chi connectivity index (χ4n) is 2.58. The second kappa shape index (κ2) is 3.72. The molecule has 0 unspecified atom stereocenters. The number of pyridine rings is 1. The van der Waals surface area contributed by atoms with Crippen LogP contribution < -0.4 is 5.56 Å². The number of hydrogen-bond acceptors (Lipinski definition) is 2. The SMILES string of the molecule is O=C(O)c1ccc(=O)n(C(C2CC2)C2CC2)c1. The second-order valence-corrected chi connectivity index (χ2v) is 5.13. The Balaban J connectivity index is 2.01. The van der Waals surface area contributed by atoms with Crippen molar-refractivity contribution in [2.75, 3.05) is 0 Å². The minimum atomic E-state index is -0.968. The standard InChI is InChI=1S/C13H15NO3/c15-11-6-5-10(13(16)17)7-14(11)12(8-1-2-8)9-3-4-9/h5-9,12H,1-4H2,(H,16,17). The van der Waals surface area contributed by atoms with E-state index in [1.165, 1.54) is 44.0 Å². The molecule has 2 saturated carbocycles. The van der Waals surface area contributed by atoms with Gasteiger partial charge in [0.2, 0.25) is 0 Å². The number of carboxylic acids is 1. The molecule has 2 aliphatic rings. The van der Waals surface area contributed by atoms with Crippen LogP contribution in [-0.4, -0.2) is 15.6 Å². The Morgan fingerprint density at radius 1 is 1.24 bits per heavy atom. The van der Waals surface area contributed by atoms with Gasteiger partial charge in [0.25, 0.3) is 5.56 Å². The van der Waals surface area contributed by atoms with Crippen LogP contribution in [0.2, 0.25) is 0 Å². The van der Waals surface area contributed by atoms with Crippen molar-refractivity contribution in [2.24, 2.45) is 11.8 Å². The summed E-state index contributed by atoms with van der Waals surface area (Å²) in [5.41, 5.74) is 0.134. The van der Waals surface area contributed by atoms with E-state index in [0.717, 1.165) is 0 Å². The quantitative estimate of drug-likeness (QED) is 0.864. The average molecular weight is 233 g/mol. The Labute approximate surface area is 98.9 Å². The first kappa shape index (κ1) is 10.6. The van der Waals surface area contributed by atoms with Crippen molar-refractivity contribution in [3.8, 4) is 0 Å². The molecule has 4 heteroatoms. The van der Waals surface area contributed by atoms with E-state index in [2.05, 4.69) is 0 Å². The van der Waals surface area contributed by atoms with Gasteiger partial charge in [-0.2, -0.15) is 0 Å². The van der Waals surface area contributed by atoms with Gasteiger partial charge in [0, 0.05) is 18.3 Å². The highest BCUT2D eigenvalue weighted by molar-refractivity contribution is 5.87. The molecule has 1 aromatic rings. The molecule has 1 aromatic heterocycles. The Morgan fingerprint density at radius 2 is 1.82 bits per heavy atom. The summed E-state index contributed by atoms with van der Waals surface area (Å²) in [7, 11) is 0. The van der Waals surface area contributed by atoms with Gasteiger partial charge in [-0.15, -0.1) is 0 Å². The van der Waals surface area contributed by atoms with Crippen LogP contribution in [-0.2, 0) is 0 Å². The lowest BCUT2D eigenvalue weighted by molar-refractivity contribution is 0.0695. The fraction of sp³-hybridized carbons (Fsp3) is 0.538. The molecular weight excluding hydrogens is 218 g/mol. The van der Waals surface area contributed by atoms with Crippen molar-refractivity contribution in [2.45, 2.75) is 31.7 Å². The molecule has 0 amide bonds. The minimum Gasteiger partial charge on any atom is -0.478 e. The summed E-state index contributed by atoms with van der Waals surface area (Å²) in [6.45, 7) is 0. The van der Waals surface area contributed by atoms with Crippen molar-refractivity contribution >= 4 is 5.97 Å². The van der Waals surface area contributed by atoms with Crippen LogP contribution in [0.4, 0.5) is 0 Å². The number of nitrogens with zero attached hydrogens (tertiary/aromatic N) is 1. The average Bonchev–Trinajstić information content (AvgIpc) is 3.13. The highest BCUT2D eigenvalue weighted by Crippen LogP contribution is 2.51. The van der Waals surface area contributed by atoms with Gasteiger partial charge in [-0.05, 0) is 43.6 Å². The summed E-state index contributed by atoms with van der Waals surface area (Å²) in [5, 5.41) is 8.98. The van der Waals surface area contributed by atoms with E-state index in [1.807, 2.05) is 0 Å². The summed E-state index contributed by atoms with van der Waals surface area (Å²) in [6.07, 6.45) is 6.21. The highest BCUT2D eigenvalue weighted by Gasteiger charge is 2.42. The number of rotatable bonds is 4. The Morgan fingerprint density at radius 3 is 2.29 bits per heavy atom. The molecular formula is C13H15NO3. The van der Waals surface area contributed by atoms with Crippen molar-refractivity contribution in [1.29, 1.82) is 0 Å². The maximum atomic E-state index is 11.9. The lowest BCUT2D eigenvalue weighted by Gasteiger charge is -2.19. The van der Waals surface area contributed by atoms with Gasteiger partial charge in [0.05, 0.1) is 5.56 Å². The van der Waals surface area contributed by atoms with Gasteiger partial charge < -0.3 is 9.67 Å². The zero-order valence-electron chi connectivity index (χ0n) is 9.50. The van der Waals surface area contributed by atoms with E-state index < -0.39 is 5.97 Å². The summed E-state index contributed by atoms with van der Waals surface area (Å²) >= 11 is 0. The third kappa shape index (κ3) is 1.99. The lowest BCUT2D eigenvalue weighted by atomic mass is 10.1. The molecule has 0 saturated heterocycles. The second-order valence-electron chi connectivity index (χ2n) is 5.13. The van der Waals surface area contributed by atoms with Gasteiger partial charge in [0.1, 0.15) is 0 Å². The Kier molecular flexibility index (Phi) is 2.31. The number of hydrogen-bond donors (Lipinski definition) is 1. The normalized spacial score (nSPS) is 19.6. The first-order valence-electron chi connectivity index (χ1n) is 6.12. The third-order valence-electron chi connectivity index (χ3n) is 3.72. The molecule has 4 nitrogen and oxygen atoms in total. The van der Waals surface area contributed by atoms with Crippen LogP contribution in [0, 0.1) is 11.8 Å². The van der Waals surface area contributed by atoms with Gasteiger partial charge in [-0.3, -0.25) is 4.79 Å². The van der Waals surface area contributed by atoms with Crippen LogP contribution in [0.5, 0.6) is 0 Å². The zero-order valence-corrected chi connectivity index (χ0v) is 9.50. The Bertz CT molecular complexity index is 500. The van der Waals surface area contributed by atoms with Gasteiger partial charge >= 0.3 is 5.97 Å². The molecule has 17 heavy (non-hydrogen) atoms. The lowest BCUT2D eigenvalue weighted by Crippen LogP contribution is -2.27. The molecule has 0 atom stereocenters. The molecule has 0 radical (unpaired) electrons. The maximum absolute atomic E-state index is 11.9. The molecule has 2 aliphatic carbocycles. The van der Waals surface area contributed by atoms with Crippen molar-refractivity contribution in [1.82, 2.24) is 4.57 Å². The molecule has 1 N–H and O–H groups in total. The summed E-state index contributed by atoms with van der Waals surface area (Å²) in [5.74, 6) is 0.206. The van der Waals surface area contributed by atoms with E-state index in [0.29, 0.717) is 11.8 Å². The smallest absolute Gasteiger partial charge is 0.337 e. The topological polar surface area (TPSA) is 59.3 Å². The van der Waals surface area contributed by atoms with Crippen LogP contribution in [0.1, 0.15) is 42.1 Å². The number of aromatic carboxylic acids is 1. The number of aromatic nitrogens is 1. The molecule has 90 valence electrons. The van der Waals surface area contributed by atoms with Crippen LogP contribution in [0.3, 0.4) is 0 Å². The first-order valence-corrected chi connectivity index (χ1v) is 6.12. The van der Waals surface area contributed by atoms with Crippen LogP contribution in [0.25, 0.3) is 0 Å². The van der Waals surface area contributed by atoms with Crippen molar-refractivity contribution in [3.63, 3.8) is 0 Å². The van der Waals surface area contributed by atoms with Crippen molar-refractivity contribution in [3.05, 3.63) is 34.2 Å². The van der Waals surface area contributed by atoms with Gasteiger partial charge in [0.15, 0.2) is 0 Å². The molecule has 0 bridgehead atoms. The number of carbonyl (C=O) groups is 1.